The molecule has 2 aliphatic rings. The summed E-state index contributed by atoms with van der Waals surface area (Å²) in [6.07, 6.45) is -0.610. The molecule has 1 aromatic carbocycles. The molecule has 2 saturated heterocycles. The minimum absolute atomic E-state index is 0.0341. The van der Waals surface area contributed by atoms with E-state index in [1.165, 1.54) is 37.2 Å². The third-order valence-electron chi connectivity index (χ3n) is 6.22. The fourth-order valence-corrected chi connectivity index (χ4v) is 4.89. The third kappa shape index (κ3) is 6.01. The van der Waals surface area contributed by atoms with Gasteiger partial charge in [0, 0.05) is 23.9 Å². The normalized spacial score (nSPS) is 23.6. The number of fused-ring (bicyclic) bond motifs is 2. The number of benzene rings is 1. The summed E-state index contributed by atoms with van der Waals surface area (Å²) in [5.74, 6) is -3.56. The van der Waals surface area contributed by atoms with Gasteiger partial charge in [0.1, 0.15) is 12.2 Å². The maximum absolute atomic E-state index is 12.9. The lowest BCUT2D eigenvalue weighted by atomic mass is 9.57. The molecule has 2 fully saturated rings. The zero-order valence-electron chi connectivity index (χ0n) is 20.5. The maximum Gasteiger partial charge on any atom is 0.576 e. The molecule has 0 radical (unpaired) electrons. The Kier molecular flexibility index (Phi) is 8.37. The average Bonchev–Trinajstić information content (AvgIpc) is 2.98. The van der Waals surface area contributed by atoms with Crippen molar-refractivity contribution < 1.29 is 37.9 Å². The van der Waals surface area contributed by atoms with Crippen molar-refractivity contribution in [3.8, 4) is 0 Å². The van der Waals surface area contributed by atoms with Crippen molar-refractivity contribution in [3.63, 3.8) is 0 Å². The lowest BCUT2D eigenvalue weighted by Crippen LogP contribution is -2.58. The molecule has 10 nitrogen and oxygen atoms in total. The Morgan fingerprint density at radius 2 is 1.92 bits per heavy atom. The summed E-state index contributed by atoms with van der Waals surface area (Å²) in [6, 6.07) is 4.40. The van der Waals surface area contributed by atoms with E-state index in [1.807, 2.05) is 13.8 Å². The molecule has 2 aliphatic heterocycles. The minimum atomic E-state index is -2.86. The zero-order valence-corrected chi connectivity index (χ0v) is 22.0. The number of aliphatic carboxylic acids is 1. The molecule has 0 aromatic heterocycles. The Hall–Kier alpha value is -2.63. The fraction of sp³-hybridized carbons (Fsp3) is 0.522. The van der Waals surface area contributed by atoms with Crippen LogP contribution in [0.1, 0.15) is 49.9 Å². The van der Waals surface area contributed by atoms with Crippen molar-refractivity contribution in [2.24, 2.45) is 5.92 Å². The number of carbonyl (C=O) groups excluding carboxylic acids is 4. The van der Waals surface area contributed by atoms with E-state index in [0.717, 1.165) is 0 Å². The highest BCUT2D eigenvalue weighted by Gasteiger charge is 2.67. The number of carboxylic acids is 1. The van der Waals surface area contributed by atoms with Gasteiger partial charge in [-0.05, 0) is 36.4 Å². The van der Waals surface area contributed by atoms with Crippen molar-refractivity contribution in [2.75, 3.05) is 20.6 Å². The summed E-state index contributed by atoms with van der Waals surface area (Å²) in [5.41, 5.74) is -1.65. The first kappa shape index (κ1) is 28.0. The van der Waals surface area contributed by atoms with Crippen molar-refractivity contribution in [3.05, 3.63) is 33.8 Å². The molecule has 0 saturated carbocycles. The van der Waals surface area contributed by atoms with E-state index in [-0.39, 0.29) is 35.9 Å². The van der Waals surface area contributed by atoms with E-state index < -0.39 is 54.1 Å². The van der Waals surface area contributed by atoms with Crippen LogP contribution in [0.2, 0.25) is 15.9 Å². The molecule has 2 N–H and O–H groups in total. The van der Waals surface area contributed by atoms with E-state index in [1.54, 1.807) is 0 Å². The van der Waals surface area contributed by atoms with Gasteiger partial charge in [-0.15, -0.1) is 0 Å². The van der Waals surface area contributed by atoms with Crippen LogP contribution in [0.5, 0.6) is 0 Å². The monoisotopic (exact) mass is 542 g/mol. The first-order valence-corrected chi connectivity index (χ1v) is 12.3. The van der Waals surface area contributed by atoms with Gasteiger partial charge in [-0.2, -0.15) is 0 Å². The predicted molar refractivity (Wildman–Crippen MR) is 132 cm³/mol. The molecule has 0 spiro atoms. The molecule has 2 amide bonds. The van der Waals surface area contributed by atoms with E-state index in [4.69, 9.17) is 32.5 Å². The Morgan fingerprint density at radius 3 is 2.56 bits per heavy atom. The molecule has 2 bridgehead atoms. The van der Waals surface area contributed by atoms with Gasteiger partial charge in [0.2, 0.25) is 5.91 Å². The summed E-state index contributed by atoms with van der Waals surface area (Å²) in [7, 11) is 3.05. The lowest BCUT2D eigenvalue weighted by molar-refractivity contribution is -0.170. The summed E-state index contributed by atoms with van der Waals surface area (Å²) >= 11 is 12.0. The molecular formula is C23H29BCl2N2O8. The number of Topliss-reactive ketones (excluding diaryl/α,β-unsaturated/α-hetero) is 1. The molecule has 36 heavy (non-hydrogen) atoms. The van der Waals surface area contributed by atoms with Crippen molar-refractivity contribution >= 4 is 59.5 Å². The van der Waals surface area contributed by atoms with Crippen molar-refractivity contribution in [1.82, 2.24) is 10.2 Å². The highest BCUT2D eigenvalue weighted by Crippen LogP contribution is 2.47. The fourth-order valence-electron chi connectivity index (χ4n) is 4.51. The predicted octanol–water partition coefficient (Wildman–Crippen LogP) is 2.29. The smallest absolute Gasteiger partial charge is 0.576 e. The highest BCUT2D eigenvalue weighted by atomic mass is 35.5. The van der Waals surface area contributed by atoms with Gasteiger partial charge in [-0.1, -0.05) is 43.5 Å². The minimum Gasteiger partial charge on any atom is -0.718 e. The molecule has 13 heteroatoms. The molecule has 3 rings (SSSR count). The van der Waals surface area contributed by atoms with Crippen LogP contribution < -0.4 is 5.32 Å². The molecule has 3 atom stereocenters. The quantitative estimate of drug-likeness (QED) is 0.354. The van der Waals surface area contributed by atoms with E-state index >= 15 is 0 Å². The van der Waals surface area contributed by atoms with Gasteiger partial charge in [-0.3, -0.25) is 19.2 Å². The first-order chi connectivity index (χ1) is 16.8. The number of amides is 2. The van der Waals surface area contributed by atoms with Crippen molar-refractivity contribution in [1.29, 1.82) is 0 Å². The molecule has 2 heterocycles. The third-order valence-corrected chi connectivity index (χ3v) is 6.78. The maximum atomic E-state index is 12.9. The first-order valence-electron chi connectivity index (χ1n) is 11.6. The summed E-state index contributed by atoms with van der Waals surface area (Å²) in [6.45, 7) is 0.603. The number of halogens is 2. The number of nitrogens with zero attached hydrogens (tertiary/aromatic N) is 1. The van der Waals surface area contributed by atoms with Crippen LogP contribution in [0, 0.1) is 5.92 Å². The van der Waals surface area contributed by atoms with Crippen LogP contribution in [-0.2, 0) is 28.5 Å². The SMILES string of the molecule is CC(C)C[C@H](CC(=O)CNC(=O)c1cc(Cl)ccc1Cl)[B-]12OC(=O)[C@@](CC(=O)N(C)C)(CC(=O)[OH+]1)O2. The summed E-state index contributed by atoms with van der Waals surface area (Å²) < 4.78 is 15.7. The average molecular weight is 543 g/mol. The van der Waals surface area contributed by atoms with E-state index in [9.17, 15) is 24.0 Å². The van der Waals surface area contributed by atoms with Crippen LogP contribution >= 0.6 is 23.2 Å². The number of hydrogen-bond donors (Lipinski definition) is 1. The Bertz CT molecular complexity index is 1100. The van der Waals surface area contributed by atoms with Crippen LogP contribution in [0.25, 0.3) is 0 Å². The zero-order chi connectivity index (χ0) is 26.8. The molecular weight excluding hydrogens is 514 g/mol. The van der Waals surface area contributed by atoms with Crippen LogP contribution in [0.15, 0.2) is 18.2 Å². The second kappa shape index (κ2) is 10.8. The second-order valence-corrected chi connectivity index (χ2v) is 10.7. The van der Waals surface area contributed by atoms with Gasteiger partial charge in [-0.25, -0.2) is 0 Å². The molecule has 196 valence electrons. The van der Waals surface area contributed by atoms with Crippen molar-refractivity contribution in [2.45, 2.75) is 50.9 Å². The second-order valence-electron chi connectivity index (χ2n) is 9.85. The van der Waals surface area contributed by atoms with Crippen LogP contribution in [-0.4, -0.2) is 72.1 Å². The Labute approximate surface area is 218 Å². The van der Waals surface area contributed by atoms with Gasteiger partial charge in [0.05, 0.1) is 23.6 Å². The number of ketones is 1. The highest BCUT2D eigenvalue weighted by molar-refractivity contribution is 6.67. The molecule has 0 aliphatic carbocycles. The van der Waals surface area contributed by atoms with Gasteiger partial charge in [0.25, 0.3) is 11.9 Å². The van der Waals surface area contributed by atoms with Gasteiger partial charge >= 0.3 is 12.7 Å². The van der Waals surface area contributed by atoms with Crippen LogP contribution in [0.3, 0.4) is 0 Å². The largest absolute Gasteiger partial charge is 0.718 e. The number of hydrogen-bond acceptors (Lipinski definition) is 7. The number of carbonyl (C=O) groups is 5. The van der Waals surface area contributed by atoms with Crippen LogP contribution in [0.4, 0.5) is 0 Å². The molecule has 1 unspecified atom stereocenters. The Balaban J connectivity index is 1.77. The lowest BCUT2D eigenvalue weighted by Gasteiger charge is -2.43. The van der Waals surface area contributed by atoms with Gasteiger partial charge < -0.3 is 24.2 Å². The number of nitrogens with one attached hydrogen (secondary N) is 1. The Morgan fingerprint density at radius 1 is 1.22 bits per heavy atom. The summed E-state index contributed by atoms with van der Waals surface area (Å²) in [5, 5.41) is 3.01. The van der Waals surface area contributed by atoms with Gasteiger partial charge in [0.15, 0.2) is 5.60 Å². The standard InChI is InChI=1S/C23H29BCl2N2O8/c1-13(2)7-14(8-16(29)12-27-21(32)17-9-15(25)5-6-18(17)26)24-34-20(31)11-23(36-24,22(33)35-24)10-19(30)28(3)4/h5-6,9,13-14,34H,7-8,10-12H2,1-4H3,(H,27,32)/t14-,23-,24?/m1/s1. The summed E-state index contributed by atoms with van der Waals surface area (Å²) in [4.78, 5) is 64.6. The van der Waals surface area contributed by atoms with E-state index in [2.05, 4.69) is 9.97 Å². The topological polar surface area (TPSA) is 132 Å². The number of rotatable bonds is 10. The molecule has 1 aromatic rings. The van der Waals surface area contributed by atoms with E-state index in [0.29, 0.717) is 11.4 Å².